The lowest BCUT2D eigenvalue weighted by atomic mass is 10.1. The molecule has 0 unspecified atom stereocenters. The molecule has 8 nitrogen and oxygen atoms in total. The van der Waals surface area contributed by atoms with Crippen molar-refractivity contribution in [2.75, 3.05) is 30.8 Å². The number of hydrogen-bond acceptors (Lipinski definition) is 7. The summed E-state index contributed by atoms with van der Waals surface area (Å²) >= 11 is 0. The van der Waals surface area contributed by atoms with Gasteiger partial charge in [-0.25, -0.2) is 9.97 Å². The van der Waals surface area contributed by atoms with Crippen LogP contribution in [0, 0.1) is 10.1 Å². The lowest BCUT2D eigenvalue weighted by molar-refractivity contribution is -0.383. The zero-order chi connectivity index (χ0) is 13.1. The lowest BCUT2D eigenvalue weighted by Crippen LogP contribution is -2.37. The molecule has 1 aromatic rings. The van der Waals surface area contributed by atoms with E-state index in [1.165, 1.54) is 6.33 Å². The summed E-state index contributed by atoms with van der Waals surface area (Å²) in [5, 5.41) is 11.0. The van der Waals surface area contributed by atoms with Gasteiger partial charge in [-0.3, -0.25) is 10.1 Å². The summed E-state index contributed by atoms with van der Waals surface area (Å²) in [4.78, 5) is 20.0. The van der Waals surface area contributed by atoms with Crippen molar-refractivity contribution in [2.45, 2.75) is 18.9 Å². The Kier molecular flexibility index (Phi) is 3.56. The number of aromatic nitrogens is 2. The Balaban J connectivity index is 2.24. The summed E-state index contributed by atoms with van der Waals surface area (Å²) < 4.78 is 5.26. The minimum absolute atomic E-state index is 0.0983. The number of hydrogen-bond donors (Lipinski definition) is 1. The molecule has 0 bridgehead atoms. The van der Waals surface area contributed by atoms with Gasteiger partial charge in [0, 0.05) is 20.2 Å². The third kappa shape index (κ3) is 2.33. The molecule has 0 radical (unpaired) electrons. The highest BCUT2D eigenvalue weighted by molar-refractivity contribution is 5.68. The number of nitrogens with two attached hydrogens (primary N) is 1. The number of piperidine rings is 1. The van der Waals surface area contributed by atoms with Gasteiger partial charge in [-0.15, -0.1) is 0 Å². The number of rotatable bonds is 3. The van der Waals surface area contributed by atoms with Crippen molar-refractivity contribution in [3.05, 3.63) is 16.4 Å². The van der Waals surface area contributed by atoms with Crippen LogP contribution in [0.1, 0.15) is 12.8 Å². The molecule has 0 aromatic carbocycles. The number of anilines is 2. The highest BCUT2D eigenvalue weighted by atomic mass is 16.6. The molecule has 1 aliphatic rings. The minimum Gasteiger partial charge on any atom is -0.381 e. The SMILES string of the molecule is COC1CCN(c2ncnc(N)c2[N+](=O)[O-])CC1. The van der Waals surface area contributed by atoms with Gasteiger partial charge in [-0.05, 0) is 12.8 Å². The van der Waals surface area contributed by atoms with Crippen LogP contribution >= 0.6 is 0 Å². The minimum atomic E-state index is -0.535. The maximum Gasteiger partial charge on any atom is 0.353 e. The van der Waals surface area contributed by atoms with E-state index in [0.29, 0.717) is 18.9 Å². The molecule has 0 atom stereocenters. The Bertz CT molecular complexity index is 445. The first-order chi connectivity index (χ1) is 8.63. The van der Waals surface area contributed by atoms with E-state index in [-0.39, 0.29) is 17.6 Å². The first-order valence-corrected chi connectivity index (χ1v) is 5.66. The van der Waals surface area contributed by atoms with Crippen molar-refractivity contribution in [3.63, 3.8) is 0 Å². The highest BCUT2D eigenvalue weighted by Gasteiger charge is 2.28. The van der Waals surface area contributed by atoms with E-state index in [1.807, 2.05) is 4.90 Å². The summed E-state index contributed by atoms with van der Waals surface area (Å²) in [5.74, 6) is 0.195. The molecule has 1 aromatic heterocycles. The van der Waals surface area contributed by atoms with E-state index in [2.05, 4.69) is 9.97 Å². The molecule has 0 aliphatic carbocycles. The van der Waals surface area contributed by atoms with E-state index in [0.717, 1.165) is 12.8 Å². The van der Waals surface area contributed by atoms with Crippen LogP contribution in [0.5, 0.6) is 0 Å². The first kappa shape index (κ1) is 12.5. The van der Waals surface area contributed by atoms with Gasteiger partial charge in [0.15, 0.2) is 0 Å². The van der Waals surface area contributed by atoms with E-state index in [4.69, 9.17) is 10.5 Å². The summed E-state index contributed by atoms with van der Waals surface area (Å²) in [6, 6.07) is 0. The Labute approximate surface area is 104 Å². The molecule has 8 heteroatoms. The number of nitrogen functional groups attached to an aromatic ring is 1. The maximum atomic E-state index is 11.0. The van der Waals surface area contributed by atoms with Crippen LogP contribution in [0.2, 0.25) is 0 Å². The predicted molar refractivity (Wildman–Crippen MR) is 65.3 cm³/mol. The van der Waals surface area contributed by atoms with E-state index < -0.39 is 4.92 Å². The second-order valence-corrected chi connectivity index (χ2v) is 4.11. The number of nitro groups is 1. The number of methoxy groups -OCH3 is 1. The van der Waals surface area contributed by atoms with Crippen molar-refractivity contribution < 1.29 is 9.66 Å². The van der Waals surface area contributed by atoms with Crippen LogP contribution < -0.4 is 10.6 Å². The third-order valence-corrected chi connectivity index (χ3v) is 3.09. The van der Waals surface area contributed by atoms with Crippen LogP contribution in [0.4, 0.5) is 17.3 Å². The van der Waals surface area contributed by atoms with Crippen LogP contribution in [-0.4, -0.2) is 41.2 Å². The highest BCUT2D eigenvalue weighted by Crippen LogP contribution is 2.31. The lowest BCUT2D eigenvalue weighted by Gasteiger charge is -2.31. The Hall–Kier alpha value is -1.96. The van der Waals surface area contributed by atoms with Gasteiger partial charge in [0.1, 0.15) is 6.33 Å². The summed E-state index contributed by atoms with van der Waals surface area (Å²) in [7, 11) is 1.67. The average Bonchev–Trinajstić information content (AvgIpc) is 2.38. The summed E-state index contributed by atoms with van der Waals surface area (Å²) in [6.45, 7) is 1.32. The molecular weight excluding hydrogens is 238 g/mol. The number of nitrogens with zero attached hydrogens (tertiary/aromatic N) is 4. The van der Waals surface area contributed by atoms with Gasteiger partial charge >= 0.3 is 5.69 Å². The first-order valence-electron chi connectivity index (χ1n) is 5.66. The zero-order valence-electron chi connectivity index (χ0n) is 10.1. The van der Waals surface area contributed by atoms with Gasteiger partial charge in [0.05, 0.1) is 11.0 Å². The molecule has 98 valence electrons. The Morgan fingerprint density at radius 3 is 2.72 bits per heavy atom. The smallest absolute Gasteiger partial charge is 0.353 e. The van der Waals surface area contributed by atoms with Gasteiger partial charge in [0.2, 0.25) is 11.6 Å². The van der Waals surface area contributed by atoms with E-state index >= 15 is 0 Å². The van der Waals surface area contributed by atoms with Crippen molar-refractivity contribution in [3.8, 4) is 0 Å². The topological polar surface area (TPSA) is 107 Å². The average molecular weight is 253 g/mol. The summed E-state index contributed by atoms with van der Waals surface area (Å²) in [5.41, 5.74) is 5.32. The predicted octanol–water partition coefficient (Wildman–Crippen LogP) is 0.582. The fourth-order valence-electron chi connectivity index (χ4n) is 2.09. The molecule has 1 aliphatic heterocycles. The molecule has 1 fully saturated rings. The molecule has 18 heavy (non-hydrogen) atoms. The zero-order valence-corrected chi connectivity index (χ0v) is 10.1. The summed E-state index contributed by atoms with van der Waals surface area (Å²) in [6.07, 6.45) is 3.09. The molecule has 0 amide bonds. The maximum absolute atomic E-state index is 11.0. The van der Waals surface area contributed by atoms with Crippen molar-refractivity contribution in [1.82, 2.24) is 9.97 Å². The quantitative estimate of drug-likeness (QED) is 0.620. The third-order valence-electron chi connectivity index (χ3n) is 3.09. The van der Waals surface area contributed by atoms with E-state index in [1.54, 1.807) is 7.11 Å². The Morgan fingerprint density at radius 2 is 2.17 bits per heavy atom. The van der Waals surface area contributed by atoms with Crippen LogP contribution in [0.3, 0.4) is 0 Å². The van der Waals surface area contributed by atoms with Crippen molar-refractivity contribution in [1.29, 1.82) is 0 Å². The fraction of sp³-hybridized carbons (Fsp3) is 0.600. The second-order valence-electron chi connectivity index (χ2n) is 4.11. The monoisotopic (exact) mass is 253 g/mol. The second kappa shape index (κ2) is 5.13. The van der Waals surface area contributed by atoms with Gasteiger partial charge in [0.25, 0.3) is 0 Å². The fourth-order valence-corrected chi connectivity index (χ4v) is 2.09. The van der Waals surface area contributed by atoms with Crippen LogP contribution in [0.15, 0.2) is 6.33 Å². The van der Waals surface area contributed by atoms with E-state index in [9.17, 15) is 10.1 Å². The largest absolute Gasteiger partial charge is 0.381 e. The molecule has 2 rings (SSSR count). The van der Waals surface area contributed by atoms with Crippen LogP contribution in [0.25, 0.3) is 0 Å². The van der Waals surface area contributed by atoms with Gasteiger partial charge < -0.3 is 15.4 Å². The van der Waals surface area contributed by atoms with Crippen molar-refractivity contribution >= 4 is 17.3 Å². The molecular formula is C10H15N5O3. The van der Waals surface area contributed by atoms with Crippen molar-refractivity contribution in [2.24, 2.45) is 0 Å². The van der Waals surface area contributed by atoms with Gasteiger partial charge in [-0.1, -0.05) is 0 Å². The normalized spacial score (nSPS) is 16.8. The van der Waals surface area contributed by atoms with Crippen LogP contribution in [-0.2, 0) is 4.74 Å². The molecule has 0 saturated carbocycles. The number of ether oxygens (including phenoxy) is 1. The molecule has 0 spiro atoms. The molecule has 2 heterocycles. The standard InChI is InChI=1S/C10H15N5O3/c1-18-7-2-4-14(5-3-7)10-8(15(16)17)9(11)12-6-13-10/h6-7H,2-5H2,1H3,(H2,11,12,13). The molecule has 2 N–H and O–H groups in total. The Morgan fingerprint density at radius 1 is 1.50 bits per heavy atom. The molecule has 1 saturated heterocycles. The van der Waals surface area contributed by atoms with Gasteiger partial charge in [-0.2, -0.15) is 0 Å².